The van der Waals surface area contributed by atoms with Gasteiger partial charge in [0.25, 0.3) is 5.91 Å². The molecule has 0 radical (unpaired) electrons. The number of ether oxygens (including phenoxy) is 1. The summed E-state index contributed by atoms with van der Waals surface area (Å²) in [7, 11) is 0. The Morgan fingerprint density at radius 2 is 1.97 bits per heavy atom. The van der Waals surface area contributed by atoms with Gasteiger partial charge in [0.15, 0.2) is 0 Å². The highest BCUT2D eigenvalue weighted by atomic mass is 32.1. The van der Waals surface area contributed by atoms with Gasteiger partial charge in [-0.2, -0.15) is 0 Å². The maximum Gasteiger partial charge on any atom is 0.257 e. The summed E-state index contributed by atoms with van der Waals surface area (Å²) in [6, 6.07) is 14.8. The lowest BCUT2D eigenvalue weighted by Gasteiger charge is -2.18. The van der Waals surface area contributed by atoms with Crippen LogP contribution in [-0.2, 0) is 4.79 Å². The molecule has 2 heterocycles. The Morgan fingerprint density at radius 1 is 1.20 bits per heavy atom. The van der Waals surface area contributed by atoms with Crippen molar-refractivity contribution in [3.05, 3.63) is 64.7 Å². The summed E-state index contributed by atoms with van der Waals surface area (Å²) in [6.07, 6.45) is 0.385. The molecule has 7 nitrogen and oxygen atoms in total. The smallest absolute Gasteiger partial charge is 0.257 e. The summed E-state index contributed by atoms with van der Waals surface area (Å²) >= 11 is 1.31. The van der Waals surface area contributed by atoms with Gasteiger partial charge in [-0.3, -0.25) is 14.9 Å². The lowest BCUT2D eigenvalue weighted by Crippen LogP contribution is -2.25. The van der Waals surface area contributed by atoms with Crippen LogP contribution in [0.2, 0.25) is 0 Å². The van der Waals surface area contributed by atoms with Crippen LogP contribution in [0.4, 0.5) is 10.8 Å². The number of aryl methyl sites for hydroxylation is 1. The fourth-order valence-electron chi connectivity index (χ4n) is 3.46. The second kappa shape index (κ2) is 8.62. The molecule has 154 valence electrons. The van der Waals surface area contributed by atoms with Crippen LogP contribution in [0.15, 0.2) is 48.5 Å². The number of hydrogen-bond acceptors (Lipinski definition) is 6. The predicted octanol–water partition coefficient (Wildman–Crippen LogP) is 4.02. The van der Waals surface area contributed by atoms with Gasteiger partial charge in [0, 0.05) is 30.1 Å². The largest absolute Gasteiger partial charge is 0.494 e. The number of amides is 2. The molecule has 1 saturated heterocycles. The van der Waals surface area contributed by atoms with Crippen LogP contribution in [0.1, 0.15) is 40.2 Å². The third kappa shape index (κ3) is 4.18. The molecule has 0 aliphatic carbocycles. The van der Waals surface area contributed by atoms with Crippen molar-refractivity contribution in [2.75, 3.05) is 23.4 Å². The van der Waals surface area contributed by atoms with Gasteiger partial charge in [0.2, 0.25) is 11.0 Å². The summed E-state index contributed by atoms with van der Waals surface area (Å²) in [5.41, 5.74) is 2.50. The number of nitrogens with zero attached hydrogens (tertiary/aromatic N) is 3. The Bertz CT molecular complexity index is 1060. The first-order chi connectivity index (χ1) is 14.5. The minimum atomic E-state index is -0.259. The molecule has 3 aromatic rings. The molecule has 1 atom stereocenters. The highest BCUT2D eigenvalue weighted by Gasteiger charge is 2.34. The van der Waals surface area contributed by atoms with Gasteiger partial charge in [-0.05, 0) is 49.7 Å². The first kappa shape index (κ1) is 20.0. The van der Waals surface area contributed by atoms with Gasteiger partial charge in [-0.1, -0.05) is 29.5 Å². The number of benzene rings is 2. The SMILES string of the molecule is CCOc1ccc(C(=O)Nc2nnc(C3CC(=O)N(c4ccccc4C)C3)s2)cc1. The number of aromatic nitrogens is 2. The maximum absolute atomic E-state index is 12.6. The minimum absolute atomic E-state index is 0.0364. The second-order valence-corrected chi connectivity index (χ2v) is 8.06. The Labute approximate surface area is 178 Å². The number of carbonyl (C=O) groups excluding carboxylic acids is 2. The fraction of sp³-hybridized carbons (Fsp3) is 0.273. The fourth-order valence-corrected chi connectivity index (χ4v) is 4.29. The molecule has 1 aliphatic heterocycles. The van der Waals surface area contributed by atoms with Crippen molar-refractivity contribution in [1.29, 1.82) is 0 Å². The lowest BCUT2D eigenvalue weighted by molar-refractivity contribution is -0.117. The van der Waals surface area contributed by atoms with Crippen LogP contribution in [0.3, 0.4) is 0 Å². The van der Waals surface area contributed by atoms with Crippen molar-refractivity contribution in [3.8, 4) is 5.75 Å². The molecular formula is C22H22N4O3S. The highest BCUT2D eigenvalue weighted by molar-refractivity contribution is 7.15. The first-order valence-corrected chi connectivity index (χ1v) is 10.6. The van der Waals surface area contributed by atoms with Crippen molar-refractivity contribution < 1.29 is 14.3 Å². The number of carbonyl (C=O) groups is 2. The third-order valence-corrected chi connectivity index (χ3v) is 5.97. The van der Waals surface area contributed by atoms with Crippen LogP contribution in [0, 0.1) is 6.92 Å². The molecule has 0 bridgehead atoms. The molecular weight excluding hydrogens is 400 g/mol. The van der Waals surface area contributed by atoms with Gasteiger partial charge in [-0.15, -0.1) is 10.2 Å². The van der Waals surface area contributed by atoms with Gasteiger partial charge in [-0.25, -0.2) is 0 Å². The molecule has 4 rings (SSSR count). The Hall–Kier alpha value is -3.26. The minimum Gasteiger partial charge on any atom is -0.494 e. The van der Waals surface area contributed by atoms with E-state index in [1.807, 2.05) is 38.1 Å². The van der Waals surface area contributed by atoms with Crippen LogP contribution >= 0.6 is 11.3 Å². The molecule has 0 spiro atoms. The maximum atomic E-state index is 12.6. The standard InChI is InChI=1S/C22H22N4O3S/c1-3-29-17-10-8-15(9-11-17)20(28)23-22-25-24-21(30-22)16-12-19(27)26(13-16)18-7-5-4-6-14(18)2/h4-11,16H,3,12-13H2,1-2H3,(H,23,25,28). The van der Waals surface area contributed by atoms with Crippen molar-refractivity contribution in [3.63, 3.8) is 0 Å². The Morgan fingerprint density at radius 3 is 2.70 bits per heavy atom. The molecule has 1 N–H and O–H groups in total. The number of anilines is 2. The first-order valence-electron chi connectivity index (χ1n) is 9.78. The van der Waals surface area contributed by atoms with Crippen LogP contribution < -0.4 is 15.0 Å². The molecule has 1 aromatic heterocycles. The normalized spacial score (nSPS) is 16.0. The van der Waals surface area contributed by atoms with E-state index in [0.29, 0.717) is 30.3 Å². The van der Waals surface area contributed by atoms with Crippen LogP contribution in [0.25, 0.3) is 0 Å². The van der Waals surface area contributed by atoms with Crippen LogP contribution in [-0.4, -0.2) is 35.2 Å². The molecule has 30 heavy (non-hydrogen) atoms. The molecule has 2 aromatic carbocycles. The summed E-state index contributed by atoms with van der Waals surface area (Å²) in [4.78, 5) is 26.8. The van der Waals surface area contributed by atoms with Gasteiger partial charge < -0.3 is 9.64 Å². The molecule has 1 aliphatic rings. The van der Waals surface area contributed by atoms with E-state index >= 15 is 0 Å². The van der Waals surface area contributed by atoms with E-state index in [-0.39, 0.29) is 17.7 Å². The van der Waals surface area contributed by atoms with Gasteiger partial charge in [0.1, 0.15) is 10.8 Å². The average molecular weight is 423 g/mol. The van der Waals surface area contributed by atoms with Crippen LogP contribution in [0.5, 0.6) is 5.75 Å². The van der Waals surface area contributed by atoms with Gasteiger partial charge >= 0.3 is 0 Å². The zero-order valence-corrected chi connectivity index (χ0v) is 17.6. The summed E-state index contributed by atoms with van der Waals surface area (Å²) in [5.74, 6) is 0.497. The van der Waals surface area contributed by atoms with Crippen molar-refractivity contribution in [1.82, 2.24) is 10.2 Å². The van der Waals surface area contributed by atoms with E-state index in [4.69, 9.17) is 4.74 Å². The Kier molecular flexibility index (Phi) is 5.76. The number of hydrogen-bond donors (Lipinski definition) is 1. The Balaban J connectivity index is 1.42. The molecule has 1 unspecified atom stereocenters. The van der Waals surface area contributed by atoms with Gasteiger partial charge in [0.05, 0.1) is 6.61 Å². The number of nitrogens with one attached hydrogen (secondary N) is 1. The zero-order chi connectivity index (χ0) is 21.1. The van der Waals surface area contributed by atoms with E-state index in [0.717, 1.165) is 22.0 Å². The molecule has 8 heteroatoms. The highest BCUT2D eigenvalue weighted by Crippen LogP contribution is 2.35. The topological polar surface area (TPSA) is 84.4 Å². The van der Waals surface area contributed by atoms with Crippen molar-refractivity contribution >= 4 is 34.0 Å². The summed E-state index contributed by atoms with van der Waals surface area (Å²) in [5, 5.41) is 12.3. The van der Waals surface area contributed by atoms with E-state index < -0.39 is 0 Å². The average Bonchev–Trinajstić information content (AvgIpc) is 3.36. The van der Waals surface area contributed by atoms with Crippen molar-refractivity contribution in [2.24, 2.45) is 0 Å². The zero-order valence-electron chi connectivity index (χ0n) is 16.8. The van der Waals surface area contributed by atoms with E-state index in [1.54, 1.807) is 29.2 Å². The number of rotatable bonds is 6. The van der Waals surface area contributed by atoms with Crippen molar-refractivity contribution in [2.45, 2.75) is 26.2 Å². The number of para-hydroxylation sites is 1. The summed E-state index contributed by atoms with van der Waals surface area (Å²) in [6.45, 7) is 5.04. The molecule has 1 fully saturated rings. The quantitative estimate of drug-likeness (QED) is 0.649. The molecule has 2 amide bonds. The predicted molar refractivity (Wildman–Crippen MR) is 116 cm³/mol. The van der Waals surface area contributed by atoms with E-state index in [9.17, 15) is 9.59 Å². The third-order valence-electron chi connectivity index (χ3n) is 4.97. The van der Waals surface area contributed by atoms with E-state index in [1.165, 1.54) is 11.3 Å². The van der Waals surface area contributed by atoms with E-state index in [2.05, 4.69) is 15.5 Å². The summed E-state index contributed by atoms with van der Waals surface area (Å²) < 4.78 is 5.39. The monoisotopic (exact) mass is 422 g/mol. The lowest BCUT2D eigenvalue weighted by atomic mass is 10.1. The second-order valence-electron chi connectivity index (χ2n) is 7.05. The molecule has 0 saturated carbocycles.